The first-order chi connectivity index (χ1) is 15.6. The van der Waals surface area contributed by atoms with E-state index >= 15 is 0 Å². The molecule has 1 fully saturated rings. The number of Topliss-reactive ketones (excluding diaryl/α,β-unsaturated/α-hetero) is 1. The van der Waals surface area contributed by atoms with Crippen molar-refractivity contribution in [2.75, 3.05) is 0 Å². The first-order valence-corrected chi connectivity index (χ1v) is 10.9. The molecule has 0 saturated heterocycles. The van der Waals surface area contributed by atoms with Crippen LogP contribution in [0.15, 0.2) is 53.6 Å². The van der Waals surface area contributed by atoms with E-state index < -0.39 is 0 Å². The summed E-state index contributed by atoms with van der Waals surface area (Å²) < 4.78 is 9.53. The van der Waals surface area contributed by atoms with E-state index in [0.29, 0.717) is 29.7 Å². The van der Waals surface area contributed by atoms with Crippen LogP contribution in [0.25, 0.3) is 11.2 Å². The molecule has 0 unspecified atom stereocenters. The van der Waals surface area contributed by atoms with Crippen molar-refractivity contribution in [3.8, 4) is 0 Å². The molecule has 32 heavy (non-hydrogen) atoms. The van der Waals surface area contributed by atoms with Gasteiger partial charge in [0.15, 0.2) is 0 Å². The van der Waals surface area contributed by atoms with Gasteiger partial charge in [-0.05, 0) is 48.9 Å². The van der Waals surface area contributed by atoms with Crippen LogP contribution in [0.1, 0.15) is 58.7 Å². The number of imidazole rings is 2. The van der Waals surface area contributed by atoms with Crippen LogP contribution in [0.4, 0.5) is 0 Å². The van der Waals surface area contributed by atoms with Gasteiger partial charge in [0.25, 0.3) is 5.89 Å². The maximum Gasteiger partial charge on any atom is 0.284 e. The van der Waals surface area contributed by atoms with E-state index in [1.54, 1.807) is 12.4 Å². The minimum atomic E-state index is -0.212. The third kappa shape index (κ3) is 3.67. The highest BCUT2D eigenvalue weighted by molar-refractivity contribution is 6.30. The lowest BCUT2D eigenvalue weighted by molar-refractivity contribution is 0.0947. The molecule has 9 heteroatoms. The van der Waals surface area contributed by atoms with Crippen molar-refractivity contribution in [1.82, 2.24) is 29.0 Å². The average molecular weight is 447 g/mol. The Labute approximate surface area is 187 Å². The van der Waals surface area contributed by atoms with Gasteiger partial charge in [-0.2, -0.15) is 0 Å². The summed E-state index contributed by atoms with van der Waals surface area (Å²) in [5.74, 6) is 0.864. The number of ketones is 1. The summed E-state index contributed by atoms with van der Waals surface area (Å²) in [5.41, 5.74) is 4.73. The lowest BCUT2D eigenvalue weighted by Crippen LogP contribution is -2.02. The summed E-state index contributed by atoms with van der Waals surface area (Å²) in [5, 5.41) is 8.61. The highest BCUT2D eigenvalue weighted by Gasteiger charge is 2.24. The van der Waals surface area contributed by atoms with Gasteiger partial charge in [0.1, 0.15) is 5.65 Å². The van der Waals surface area contributed by atoms with Crippen LogP contribution in [-0.2, 0) is 12.8 Å². The SMILES string of the molecule is O=C(CCc1ncn2ccc(Cl)cc12)c1nnc(Cc2cn3cc(C4CC4)ccc3n2)o1. The first kappa shape index (κ1) is 19.2. The van der Waals surface area contributed by atoms with Crippen molar-refractivity contribution < 1.29 is 9.21 Å². The van der Waals surface area contributed by atoms with Crippen molar-refractivity contribution in [1.29, 1.82) is 0 Å². The number of aromatic nitrogens is 6. The summed E-state index contributed by atoms with van der Waals surface area (Å²) in [6.07, 6.45) is 11.2. The Hall–Kier alpha value is -3.52. The van der Waals surface area contributed by atoms with Crippen molar-refractivity contribution in [3.63, 3.8) is 0 Å². The van der Waals surface area contributed by atoms with Gasteiger partial charge in [0.05, 0.1) is 29.7 Å². The van der Waals surface area contributed by atoms with E-state index in [-0.39, 0.29) is 18.1 Å². The van der Waals surface area contributed by atoms with Crippen LogP contribution >= 0.6 is 11.6 Å². The number of nitrogens with zero attached hydrogens (tertiary/aromatic N) is 6. The number of aryl methyl sites for hydroxylation is 1. The van der Waals surface area contributed by atoms with Crippen molar-refractivity contribution in [2.24, 2.45) is 0 Å². The Morgan fingerprint density at radius 2 is 2.06 bits per heavy atom. The lowest BCUT2D eigenvalue weighted by Gasteiger charge is -1.98. The Kier molecular flexibility index (Phi) is 4.53. The highest BCUT2D eigenvalue weighted by atomic mass is 35.5. The highest BCUT2D eigenvalue weighted by Crippen LogP contribution is 2.39. The van der Waals surface area contributed by atoms with Gasteiger partial charge in [-0.15, -0.1) is 10.2 Å². The molecule has 6 rings (SSSR count). The number of pyridine rings is 2. The molecule has 0 aromatic carbocycles. The molecule has 1 saturated carbocycles. The molecular formula is C23H19ClN6O2. The minimum Gasteiger partial charge on any atom is -0.418 e. The summed E-state index contributed by atoms with van der Waals surface area (Å²) in [7, 11) is 0. The van der Waals surface area contributed by atoms with Crippen LogP contribution in [0.5, 0.6) is 0 Å². The van der Waals surface area contributed by atoms with Gasteiger partial charge in [-0.1, -0.05) is 17.7 Å². The molecule has 0 N–H and O–H groups in total. The van der Waals surface area contributed by atoms with Gasteiger partial charge in [0.2, 0.25) is 11.7 Å². The third-order valence-electron chi connectivity index (χ3n) is 5.78. The minimum absolute atomic E-state index is 0.0151. The number of carbonyl (C=O) groups is 1. The van der Waals surface area contributed by atoms with E-state index in [0.717, 1.165) is 22.6 Å². The topological polar surface area (TPSA) is 90.6 Å². The predicted molar refractivity (Wildman–Crippen MR) is 117 cm³/mol. The van der Waals surface area contributed by atoms with Crippen molar-refractivity contribution >= 4 is 28.5 Å². The van der Waals surface area contributed by atoms with Gasteiger partial charge in [-0.25, -0.2) is 9.97 Å². The molecule has 0 aliphatic heterocycles. The summed E-state index contributed by atoms with van der Waals surface area (Å²) in [4.78, 5) is 21.6. The van der Waals surface area contributed by atoms with Gasteiger partial charge >= 0.3 is 0 Å². The number of hydrogen-bond donors (Lipinski definition) is 0. The van der Waals surface area contributed by atoms with Crippen LogP contribution in [0.2, 0.25) is 5.02 Å². The number of rotatable bonds is 7. The Morgan fingerprint density at radius 1 is 1.16 bits per heavy atom. The molecule has 0 radical (unpaired) electrons. The molecule has 160 valence electrons. The number of carbonyl (C=O) groups excluding carboxylic acids is 1. The maximum absolute atomic E-state index is 12.6. The molecular weight excluding hydrogens is 428 g/mol. The summed E-state index contributed by atoms with van der Waals surface area (Å²) in [6, 6.07) is 7.80. The molecule has 1 aliphatic carbocycles. The lowest BCUT2D eigenvalue weighted by atomic mass is 10.1. The second kappa shape index (κ2) is 7.56. The molecule has 0 atom stereocenters. The zero-order chi connectivity index (χ0) is 21.7. The Balaban J connectivity index is 1.13. The Bertz CT molecular complexity index is 1460. The third-order valence-corrected chi connectivity index (χ3v) is 6.02. The van der Waals surface area contributed by atoms with Gasteiger partial charge in [0, 0.05) is 30.0 Å². The molecule has 1 aliphatic rings. The van der Waals surface area contributed by atoms with Crippen LogP contribution in [0, 0.1) is 0 Å². The van der Waals surface area contributed by atoms with E-state index in [1.165, 1.54) is 18.4 Å². The molecule has 5 heterocycles. The second-order valence-corrected chi connectivity index (χ2v) is 8.60. The Morgan fingerprint density at radius 3 is 2.94 bits per heavy atom. The predicted octanol–water partition coefficient (Wildman–Crippen LogP) is 4.30. The maximum atomic E-state index is 12.6. The molecule has 0 spiro atoms. The summed E-state index contributed by atoms with van der Waals surface area (Å²) in [6.45, 7) is 0. The van der Waals surface area contributed by atoms with E-state index in [2.05, 4.69) is 32.4 Å². The van der Waals surface area contributed by atoms with Crippen molar-refractivity contribution in [2.45, 2.75) is 38.0 Å². The normalized spacial score (nSPS) is 13.9. The number of fused-ring (bicyclic) bond motifs is 2. The van der Waals surface area contributed by atoms with Gasteiger partial charge < -0.3 is 13.2 Å². The molecule has 8 nitrogen and oxygen atoms in total. The first-order valence-electron chi connectivity index (χ1n) is 10.6. The zero-order valence-corrected chi connectivity index (χ0v) is 17.9. The second-order valence-electron chi connectivity index (χ2n) is 8.16. The quantitative estimate of drug-likeness (QED) is 0.346. The fourth-order valence-electron chi connectivity index (χ4n) is 3.95. The molecule has 5 aromatic rings. The molecule has 0 amide bonds. The fraction of sp³-hybridized carbons (Fsp3) is 0.261. The van der Waals surface area contributed by atoms with Crippen LogP contribution < -0.4 is 0 Å². The van der Waals surface area contributed by atoms with E-state index in [1.807, 2.05) is 33.3 Å². The zero-order valence-electron chi connectivity index (χ0n) is 17.1. The van der Waals surface area contributed by atoms with E-state index in [4.69, 9.17) is 16.0 Å². The smallest absolute Gasteiger partial charge is 0.284 e. The van der Waals surface area contributed by atoms with Crippen LogP contribution in [-0.4, -0.2) is 34.7 Å². The largest absolute Gasteiger partial charge is 0.418 e. The monoisotopic (exact) mass is 446 g/mol. The average Bonchev–Trinajstić information content (AvgIpc) is 3.21. The van der Waals surface area contributed by atoms with E-state index in [9.17, 15) is 4.79 Å². The number of halogens is 1. The molecule has 5 aromatic heterocycles. The fourth-order valence-corrected chi connectivity index (χ4v) is 4.10. The van der Waals surface area contributed by atoms with Crippen molar-refractivity contribution in [3.05, 3.63) is 82.9 Å². The molecule has 0 bridgehead atoms. The standard InChI is InChI=1S/C23H19ClN6O2/c24-16-7-8-29-13-25-18(19(29)9-16)4-5-20(31)23-28-27-22(32-23)10-17-12-30-11-15(14-1-2-14)3-6-21(30)26-17/h3,6-9,11-14H,1-2,4-5,10H2. The number of hydrogen-bond acceptors (Lipinski definition) is 6. The van der Waals surface area contributed by atoms with Gasteiger partial charge in [-0.3, -0.25) is 4.79 Å². The summed E-state index contributed by atoms with van der Waals surface area (Å²) >= 11 is 6.08. The van der Waals surface area contributed by atoms with Crippen LogP contribution in [0.3, 0.4) is 0 Å².